The summed E-state index contributed by atoms with van der Waals surface area (Å²) in [6, 6.07) is 10.00. The zero-order chi connectivity index (χ0) is 22.5. The van der Waals surface area contributed by atoms with Gasteiger partial charge >= 0.3 is 12.1 Å². The van der Waals surface area contributed by atoms with Gasteiger partial charge in [-0.25, -0.2) is 9.59 Å². The first-order valence-electron chi connectivity index (χ1n) is 11.9. The van der Waals surface area contributed by atoms with Crippen molar-refractivity contribution in [3.05, 3.63) is 35.9 Å². The molecule has 1 aromatic carbocycles. The molecular formula is C25H40N2O4. The van der Waals surface area contributed by atoms with Gasteiger partial charge in [0, 0.05) is 12.1 Å². The number of hydrogen-bond donors (Lipinski definition) is 3. The Morgan fingerprint density at radius 2 is 1.45 bits per heavy atom. The summed E-state index contributed by atoms with van der Waals surface area (Å²) in [5.74, 6) is -1.27. The van der Waals surface area contributed by atoms with E-state index >= 15 is 0 Å². The highest BCUT2D eigenvalue weighted by Gasteiger charge is 2.24. The second-order valence-electron chi connectivity index (χ2n) is 9.10. The molecule has 2 saturated carbocycles. The van der Waals surface area contributed by atoms with Gasteiger partial charge in [0.2, 0.25) is 0 Å². The fraction of sp³-hybridized carbons (Fsp3) is 0.680. The van der Waals surface area contributed by atoms with E-state index in [1.54, 1.807) is 13.8 Å². The zero-order valence-electron chi connectivity index (χ0n) is 19.1. The Balaban J connectivity index is 0.000000231. The van der Waals surface area contributed by atoms with Crippen LogP contribution in [0.1, 0.15) is 83.6 Å². The standard InChI is InChI=1S/C13H17NO4.C12H23N/c1-9(2)11(12(15)16)14-13(17)18-8-10-6-4-3-5-7-10;1-3-7-11(8-4-1)13-12-9-5-2-6-10-12/h3-7,9,11H,8H2,1-2H3,(H,14,17)(H,15,16);11-13H,1-10H2. The smallest absolute Gasteiger partial charge is 0.408 e. The van der Waals surface area contributed by atoms with E-state index in [4.69, 9.17) is 9.84 Å². The van der Waals surface area contributed by atoms with Crippen molar-refractivity contribution >= 4 is 12.1 Å². The molecule has 6 heteroatoms. The zero-order valence-corrected chi connectivity index (χ0v) is 19.1. The largest absolute Gasteiger partial charge is 0.480 e. The van der Waals surface area contributed by atoms with Crippen LogP contribution in [-0.4, -0.2) is 35.3 Å². The number of ether oxygens (including phenoxy) is 1. The molecule has 0 aromatic heterocycles. The van der Waals surface area contributed by atoms with Crippen LogP contribution in [0.4, 0.5) is 4.79 Å². The minimum absolute atomic E-state index is 0.122. The van der Waals surface area contributed by atoms with Crippen LogP contribution in [0.3, 0.4) is 0 Å². The molecule has 0 bridgehead atoms. The molecule has 1 atom stereocenters. The average Bonchev–Trinajstić information content (AvgIpc) is 2.78. The van der Waals surface area contributed by atoms with E-state index in [9.17, 15) is 9.59 Å². The molecule has 31 heavy (non-hydrogen) atoms. The molecule has 2 fully saturated rings. The predicted octanol–water partition coefficient (Wildman–Crippen LogP) is 5.26. The van der Waals surface area contributed by atoms with Gasteiger partial charge in [-0.3, -0.25) is 0 Å². The highest BCUT2D eigenvalue weighted by Crippen LogP contribution is 2.22. The van der Waals surface area contributed by atoms with E-state index in [0.29, 0.717) is 0 Å². The van der Waals surface area contributed by atoms with Crippen LogP contribution in [0.15, 0.2) is 30.3 Å². The van der Waals surface area contributed by atoms with Gasteiger partial charge < -0.3 is 20.5 Å². The van der Waals surface area contributed by atoms with Crippen molar-refractivity contribution in [3.8, 4) is 0 Å². The lowest BCUT2D eigenvalue weighted by molar-refractivity contribution is -0.140. The minimum atomic E-state index is -1.07. The third kappa shape index (κ3) is 10.2. The SMILES string of the molecule is C1CCC(NC2CCCCC2)CC1.CC(C)C(NC(=O)OCc1ccccc1)C(=O)O. The fourth-order valence-electron chi connectivity index (χ4n) is 4.28. The lowest BCUT2D eigenvalue weighted by Gasteiger charge is -2.30. The maximum Gasteiger partial charge on any atom is 0.408 e. The summed E-state index contributed by atoms with van der Waals surface area (Å²) in [7, 11) is 0. The van der Waals surface area contributed by atoms with Crippen molar-refractivity contribution in [2.45, 2.75) is 103 Å². The first kappa shape index (κ1) is 25.2. The number of benzene rings is 1. The van der Waals surface area contributed by atoms with E-state index in [-0.39, 0.29) is 12.5 Å². The predicted molar refractivity (Wildman–Crippen MR) is 123 cm³/mol. The van der Waals surface area contributed by atoms with Gasteiger partial charge in [-0.15, -0.1) is 0 Å². The van der Waals surface area contributed by atoms with Crippen molar-refractivity contribution in [1.82, 2.24) is 10.6 Å². The number of carboxylic acids is 1. The van der Waals surface area contributed by atoms with Crippen molar-refractivity contribution in [2.24, 2.45) is 5.92 Å². The molecule has 3 N–H and O–H groups in total. The summed E-state index contributed by atoms with van der Waals surface area (Å²) in [5.41, 5.74) is 0.851. The Hall–Kier alpha value is -2.08. The molecule has 174 valence electrons. The van der Waals surface area contributed by atoms with Crippen LogP contribution in [0.25, 0.3) is 0 Å². The van der Waals surface area contributed by atoms with E-state index in [0.717, 1.165) is 17.6 Å². The molecule has 1 unspecified atom stereocenters. The molecule has 0 aliphatic heterocycles. The number of alkyl carbamates (subject to hydrolysis) is 1. The number of carbonyl (C=O) groups excluding carboxylic acids is 1. The van der Waals surface area contributed by atoms with Gasteiger partial charge in [0.1, 0.15) is 12.6 Å². The molecule has 2 aliphatic rings. The maximum absolute atomic E-state index is 11.4. The highest BCUT2D eigenvalue weighted by molar-refractivity contribution is 5.80. The van der Waals surface area contributed by atoms with E-state index in [2.05, 4.69) is 10.6 Å². The number of carboxylic acid groups (broad SMARTS) is 1. The number of amides is 1. The van der Waals surface area contributed by atoms with Gasteiger partial charge in [0.05, 0.1) is 0 Å². The second-order valence-corrected chi connectivity index (χ2v) is 9.10. The summed E-state index contributed by atoms with van der Waals surface area (Å²) in [5, 5.41) is 15.1. The molecule has 0 saturated heterocycles. The average molecular weight is 433 g/mol. The molecule has 1 amide bonds. The summed E-state index contributed by atoms with van der Waals surface area (Å²) < 4.78 is 4.95. The Morgan fingerprint density at radius 1 is 0.935 bits per heavy atom. The quantitative estimate of drug-likeness (QED) is 0.547. The normalized spacial score (nSPS) is 18.5. The third-order valence-electron chi connectivity index (χ3n) is 6.10. The molecule has 3 rings (SSSR count). The lowest BCUT2D eigenvalue weighted by Crippen LogP contribution is -2.44. The van der Waals surface area contributed by atoms with Gasteiger partial charge in [-0.1, -0.05) is 82.7 Å². The number of nitrogens with one attached hydrogen (secondary N) is 2. The van der Waals surface area contributed by atoms with Crippen molar-refractivity contribution < 1.29 is 19.4 Å². The van der Waals surface area contributed by atoms with Crippen LogP contribution < -0.4 is 10.6 Å². The van der Waals surface area contributed by atoms with Crippen LogP contribution in [0.5, 0.6) is 0 Å². The molecule has 0 radical (unpaired) electrons. The maximum atomic E-state index is 11.4. The first-order chi connectivity index (χ1) is 15.0. The van der Waals surface area contributed by atoms with Gasteiger partial charge in [0.15, 0.2) is 0 Å². The van der Waals surface area contributed by atoms with Crippen molar-refractivity contribution in [1.29, 1.82) is 0 Å². The number of hydrogen-bond acceptors (Lipinski definition) is 4. The highest BCUT2D eigenvalue weighted by atomic mass is 16.5. The van der Waals surface area contributed by atoms with Gasteiger partial charge in [-0.2, -0.15) is 0 Å². The Kier molecular flexibility index (Phi) is 11.4. The Morgan fingerprint density at radius 3 is 1.90 bits per heavy atom. The molecule has 2 aliphatic carbocycles. The van der Waals surface area contributed by atoms with E-state index < -0.39 is 18.1 Å². The van der Waals surface area contributed by atoms with Crippen LogP contribution >= 0.6 is 0 Å². The van der Waals surface area contributed by atoms with Crippen LogP contribution in [0.2, 0.25) is 0 Å². The van der Waals surface area contributed by atoms with Crippen molar-refractivity contribution in [2.75, 3.05) is 0 Å². The molecule has 0 spiro atoms. The Labute approximate surface area is 187 Å². The summed E-state index contributed by atoms with van der Waals surface area (Å²) in [6.45, 7) is 3.56. The molecular weight excluding hydrogens is 392 g/mol. The second kappa shape index (κ2) is 14.1. The topological polar surface area (TPSA) is 87.7 Å². The summed E-state index contributed by atoms with van der Waals surface area (Å²) in [6.07, 6.45) is 13.8. The minimum Gasteiger partial charge on any atom is -0.480 e. The van der Waals surface area contributed by atoms with Gasteiger partial charge in [0.25, 0.3) is 0 Å². The molecule has 6 nitrogen and oxygen atoms in total. The van der Waals surface area contributed by atoms with Gasteiger partial charge in [-0.05, 0) is 37.2 Å². The summed E-state index contributed by atoms with van der Waals surface area (Å²) >= 11 is 0. The van der Waals surface area contributed by atoms with E-state index in [1.165, 1.54) is 64.2 Å². The van der Waals surface area contributed by atoms with Crippen molar-refractivity contribution in [3.63, 3.8) is 0 Å². The lowest BCUT2D eigenvalue weighted by atomic mass is 9.91. The molecule has 1 aromatic rings. The van der Waals surface area contributed by atoms with E-state index in [1.807, 2.05) is 30.3 Å². The third-order valence-corrected chi connectivity index (χ3v) is 6.10. The van der Waals surface area contributed by atoms with Crippen LogP contribution in [-0.2, 0) is 16.1 Å². The first-order valence-corrected chi connectivity index (χ1v) is 11.9. The fourth-order valence-corrected chi connectivity index (χ4v) is 4.28. The van der Waals surface area contributed by atoms with Crippen LogP contribution in [0, 0.1) is 5.92 Å². The Bertz CT molecular complexity index is 622. The number of rotatable bonds is 7. The monoisotopic (exact) mass is 432 g/mol. The number of carbonyl (C=O) groups is 2. The molecule has 0 heterocycles. The summed E-state index contributed by atoms with van der Waals surface area (Å²) in [4.78, 5) is 22.3. The number of aliphatic carboxylic acids is 1.